The monoisotopic (exact) mass is 250 g/mol. The molecule has 1 saturated heterocycles. The summed E-state index contributed by atoms with van der Waals surface area (Å²) < 4.78 is 4.83. The van der Waals surface area contributed by atoms with E-state index in [1.807, 2.05) is 0 Å². The van der Waals surface area contributed by atoms with E-state index < -0.39 is 0 Å². The van der Waals surface area contributed by atoms with Gasteiger partial charge in [0.1, 0.15) is 0 Å². The first-order valence-corrected chi connectivity index (χ1v) is 6.95. The Morgan fingerprint density at radius 1 is 1.56 bits per heavy atom. The van der Waals surface area contributed by atoms with Gasteiger partial charge in [-0.25, -0.2) is 0 Å². The largest absolute Gasteiger partial charge is 0.343 e. The standard InChI is InChI=1S/C13H22N4O/c1-3-11-6-15-13(2,10-4-5-10)8-17(11)7-12-14-9-18-16-12/h9-11,15H,3-8H2,1-2H3. The van der Waals surface area contributed by atoms with Crippen LogP contribution in [0.1, 0.15) is 38.9 Å². The normalized spacial score (nSPS) is 33.8. The van der Waals surface area contributed by atoms with Crippen molar-refractivity contribution in [2.75, 3.05) is 13.1 Å². The molecule has 2 heterocycles. The molecule has 5 nitrogen and oxygen atoms in total. The van der Waals surface area contributed by atoms with Gasteiger partial charge in [-0.05, 0) is 32.1 Å². The third kappa shape index (κ3) is 2.29. The molecule has 0 bridgehead atoms. The first-order valence-electron chi connectivity index (χ1n) is 6.95. The molecule has 0 radical (unpaired) electrons. The second kappa shape index (κ2) is 4.63. The zero-order valence-corrected chi connectivity index (χ0v) is 11.2. The molecule has 2 fully saturated rings. The Balaban J connectivity index is 1.71. The Kier molecular flexibility index (Phi) is 3.11. The molecule has 2 aliphatic rings. The Hall–Kier alpha value is -0.940. The Bertz CT molecular complexity index is 390. The maximum Gasteiger partial charge on any atom is 0.213 e. The van der Waals surface area contributed by atoms with Crippen LogP contribution in [0.4, 0.5) is 0 Å². The Labute approximate surface area is 108 Å². The summed E-state index contributed by atoms with van der Waals surface area (Å²) >= 11 is 0. The summed E-state index contributed by atoms with van der Waals surface area (Å²) in [5.41, 5.74) is 0.273. The van der Waals surface area contributed by atoms with Gasteiger partial charge in [0.15, 0.2) is 5.82 Å². The molecular weight excluding hydrogens is 228 g/mol. The van der Waals surface area contributed by atoms with E-state index in [-0.39, 0.29) is 5.54 Å². The van der Waals surface area contributed by atoms with E-state index in [1.165, 1.54) is 19.2 Å². The minimum Gasteiger partial charge on any atom is -0.343 e. The Morgan fingerprint density at radius 3 is 3.00 bits per heavy atom. The van der Waals surface area contributed by atoms with Crippen molar-refractivity contribution in [1.29, 1.82) is 0 Å². The van der Waals surface area contributed by atoms with Gasteiger partial charge in [0, 0.05) is 24.7 Å². The van der Waals surface area contributed by atoms with E-state index >= 15 is 0 Å². The van der Waals surface area contributed by atoms with Crippen molar-refractivity contribution >= 4 is 0 Å². The number of piperazine rings is 1. The molecule has 18 heavy (non-hydrogen) atoms. The molecule has 1 aromatic rings. The highest BCUT2D eigenvalue weighted by Crippen LogP contribution is 2.41. The van der Waals surface area contributed by atoms with Crippen LogP contribution in [-0.2, 0) is 6.54 Å². The van der Waals surface area contributed by atoms with Crippen LogP contribution in [0.3, 0.4) is 0 Å². The van der Waals surface area contributed by atoms with E-state index in [0.29, 0.717) is 6.04 Å². The maximum absolute atomic E-state index is 4.83. The van der Waals surface area contributed by atoms with E-state index in [9.17, 15) is 0 Å². The first kappa shape index (κ1) is 12.1. The van der Waals surface area contributed by atoms with Crippen LogP contribution in [-0.4, -0.2) is 39.7 Å². The number of aromatic nitrogens is 2. The van der Waals surface area contributed by atoms with E-state index in [2.05, 4.69) is 34.2 Å². The highest BCUT2D eigenvalue weighted by atomic mass is 16.5. The molecule has 0 aromatic carbocycles. The van der Waals surface area contributed by atoms with Crippen molar-refractivity contribution in [2.24, 2.45) is 5.92 Å². The molecule has 1 aromatic heterocycles. The summed E-state index contributed by atoms with van der Waals surface area (Å²) in [4.78, 5) is 6.66. The molecule has 1 aliphatic carbocycles. The molecule has 1 N–H and O–H groups in total. The topological polar surface area (TPSA) is 54.2 Å². The van der Waals surface area contributed by atoms with Crippen molar-refractivity contribution in [3.05, 3.63) is 12.2 Å². The fraction of sp³-hybridized carbons (Fsp3) is 0.846. The van der Waals surface area contributed by atoms with Gasteiger partial charge in [-0.2, -0.15) is 4.98 Å². The summed E-state index contributed by atoms with van der Waals surface area (Å²) in [7, 11) is 0. The van der Waals surface area contributed by atoms with Gasteiger partial charge in [-0.15, -0.1) is 0 Å². The quantitative estimate of drug-likeness (QED) is 0.876. The molecule has 1 aliphatic heterocycles. The summed E-state index contributed by atoms with van der Waals surface area (Å²) in [6, 6.07) is 0.579. The molecule has 5 heteroatoms. The smallest absolute Gasteiger partial charge is 0.213 e. The highest BCUT2D eigenvalue weighted by Gasteiger charge is 2.45. The molecular formula is C13H22N4O. The summed E-state index contributed by atoms with van der Waals surface area (Å²) in [6.45, 7) is 7.57. The van der Waals surface area contributed by atoms with Gasteiger partial charge in [-0.1, -0.05) is 12.1 Å². The molecule has 0 amide bonds. The SMILES string of the molecule is CCC1CNC(C)(C2CC2)CN1Cc1ncon1. The lowest BCUT2D eigenvalue weighted by atomic mass is 9.90. The molecule has 1 saturated carbocycles. The van der Waals surface area contributed by atoms with Crippen LogP contribution in [0.15, 0.2) is 10.9 Å². The number of hydrogen-bond acceptors (Lipinski definition) is 5. The van der Waals surface area contributed by atoms with Crippen LogP contribution in [0.25, 0.3) is 0 Å². The van der Waals surface area contributed by atoms with Crippen LogP contribution in [0.2, 0.25) is 0 Å². The van der Waals surface area contributed by atoms with Gasteiger partial charge in [0.2, 0.25) is 6.39 Å². The van der Waals surface area contributed by atoms with Crippen LogP contribution in [0.5, 0.6) is 0 Å². The molecule has 3 rings (SSSR count). The molecule has 2 atom stereocenters. The second-order valence-corrected chi connectivity index (χ2v) is 5.89. The number of rotatable bonds is 4. The van der Waals surface area contributed by atoms with Crippen LogP contribution < -0.4 is 5.32 Å². The van der Waals surface area contributed by atoms with Gasteiger partial charge >= 0.3 is 0 Å². The van der Waals surface area contributed by atoms with Crippen LogP contribution >= 0.6 is 0 Å². The molecule has 0 spiro atoms. The predicted molar refractivity (Wildman–Crippen MR) is 67.9 cm³/mol. The van der Waals surface area contributed by atoms with E-state index in [0.717, 1.165) is 37.8 Å². The van der Waals surface area contributed by atoms with Crippen molar-refractivity contribution in [3.63, 3.8) is 0 Å². The van der Waals surface area contributed by atoms with Crippen LogP contribution in [0, 0.1) is 5.92 Å². The minimum atomic E-state index is 0.273. The second-order valence-electron chi connectivity index (χ2n) is 5.89. The Morgan fingerprint density at radius 2 is 2.39 bits per heavy atom. The lowest BCUT2D eigenvalue weighted by molar-refractivity contribution is 0.0638. The first-order chi connectivity index (χ1) is 8.71. The third-order valence-electron chi connectivity index (χ3n) is 4.49. The summed E-state index contributed by atoms with van der Waals surface area (Å²) in [6.07, 6.45) is 5.32. The number of nitrogens with one attached hydrogen (secondary N) is 1. The van der Waals surface area contributed by atoms with Crippen molar-refractivity contribution in [3.8, 4) is 0 Å². The molecule has 2 unspecified atom stereocenters. The average Bonchev–Trinajstić information content (AvgIpc) is 3.11. The number of nitrogens with zero attached hydrogens (tertiary/aromatic N) is 3. The summed E-state index contributed by atoms with van der Waals surface area (Å²) in [5, 5.41) is 7.70. The summed E-state index contributed by atoms with van der Waals surface area (Å²) in [5.74, 6) is 1.65. The van der Waals surface area contributed by atoms with Gasteiger partial charge in [0.05, 0.1) is 6.54 Å². The number of hydrogen-bond donors (Lipinski definition) is 1. The minimum absolute atomic E-state index is 0.273. The fourth-order valence-corrected chi connectivity index (χ4v) is 3.11. The lowest BCUT2D eigenvalue weighted by Crippen LogP contribution is -2.63. The average molecular weight is 250 g/mol. The third-order valence-corrected chi connectivity index (χ3v) is 4.49. The van der Waals surface area contributed by atoms with Crippen molar-refractivity contribution in [1.82, 2.24) is 20.4 Å². The van der Waals surface area contributed by atoms with E-state index in [4.69, 9.17) is 4.52 Å². The van der Waals surface area contributed by atoms with Gasteiger partial charge in [0.25, 0.3) is 0 Å². The maximum atomic E-state index is 4.83. The molecule has 100 valence electrons. The fourth-order valence-electron chi connectivity index (χ4n) is 3.11. The zero-order chi connectivity index (χ0) is 12.6. The van der Waals surface area contributed by atoms with E-state index in [1.54, 1.807) is 0 Å². The van der Waals surface area contributed by atoms with Crippen molar-refractivity contribution in [2.45, 2.75) is 51.2 Å². The predicted octanol–water partition coefficient (Wildman–Crippen LogP) is 1.42. The highest BCUT2D eigenvalue weighted by molar-refractivity contribution is 5.04. The zero-order valence-electron chi connectivity index (χ0n) is 11.2. The lowest BCUT2D eigenvalue weighted by Gasteiger charge is -2.46. The van der Waals surface area contributed by atoms with Crippen molar-refractivity contribution < 1.29 is 4.52 Å². The van der Waals surface area contributed by atoms with Gasteiger partial charge in [-0.3, -0.25) is 4.90 Å². The van der Waals surface area contributed by atoms with Gasteiger partial charge < -0.3 is 9.84 Å².